The zero-order chi connectivity index (χ0) is 12.4. The van der Waals surface area contributed by atoms with Crippen LogP contribution >= 0.6 is 15.9 Å². The number of ether oxygens (including phenoxy) is 1. The number of hydrogen-bond acceptors (Lipinski definition) is 3. The van der Waals surface area contributed by atoms with Crippen molar-refractivity contribution >= 4 is 15.9 Å². The van der Waals surface area contributed by atoms with Crippen molar-refractivity contribution in [3.8, 4) is 17.4 Å². The standard InChI is InChI=1S/C13H12BrNO2/c1-8-3-10(16)6-11(4-8)17-13-12(14)5-9(2)7-15-13/h3-7,16H,1-2H3. The summed E-state index contributed by atoms with van der Waals surface area (Å²) in [6.07, 6.45) is 1.73. The van der Waals surface area contributed by atoms with Crippen LogP contribution in [0.4, 0.5) is 0 Å². The molecule has 17 heavy (non-hydrogen) atoms. The van der Waals surface area contributed by atoms with Crippen molar-refractivity contribution in [1.29, 1.82) is 0 Å². The van der Waals surface area contributed by atoms with Gasteiger partial charge in [0.05, 0.1) is 4.47 Å². The number of benzene rings is 1. The molecule has 1 heterocycles. The number of rotatable bonds is 2. The Hall–Kier alpha value is -1.55. The summed E-state index contributed by atoms with van der Waals surface area (Å²) in [5.74, 6) is 1.24. The van der Waals surface area contributed by atoms with E-state index in [1.807, 2.05) is 26.0 Å². The smallest absolute Gasteiger partial charge is 0.233 e. The molecule has 88 valence electrons. The summed E-state index contributed by atoms with van der Waals surface area (Å²) in [6.45, 7) is 3.85. The molecule has 0 atom stereocenters. The molecule has 0 radical (unpaired) electrons. The Balaban J connectivity index is 2.31. The van der Waals surface area contributed by atoms with Crippen LogP contribution in [-0.4, -0.2) is 10.1 Å². The molecular formula is C13H12BrNO2. The molecule has 1 N–H and O–H groups in total. The second-order valence-electron chi connectivity index (χ2n) is 3.91. The molecule has 1 aromatic heterocycles. The van der Waals surface area contributed by atoms with E-state index in [1.165, 1.54) is 0 Å². The molecule has 4 heteroatoms. The highest BCUT2D eigenvalue weighted by Gasteiger charge is 2.06. The van der Waals surface area contributed by atoms with Gasteiger partial charge in [0.15, 0.2) is 0 Å². The lowest BCUT2D eigenvalue weighted by Crippen LogP contribution is -1.90. The first-order chi connectivity index (χ1) is 8.04. The largest absolute Gasteiger partial charge is 0.508 e. The summed E-state index contributed by atoms with van der Waals surface area (Å²) in [5, 5.41) is 9.47. The number of aryl methyl sites for hydroxylation is 2. The van der Waals surface area contributed by atoms with Crippen molar-refractivity contribution in [2.45, 2.75) is 13.8 Å². The molecular weight excluding hydrogens is 282 g/mol. The van der Waals surface area contributed by atoms with E-state index in [0.29, 0.717) is 11.6 Å². The van der Waals surface area contributed by atoms with Crippen LogP contribution in [0.15, 0.2) is 34.9 Å². The minimum atomic E-state index is 0.184. The van der Waals surface area contributed by atoms with Crippen molar-refractivity contribution in [2.75, 3.05) is 0 Å². The maximum Gasteiger partial charge on any atom is 0.233 e. The van der Waals surface area contributed by atoms with Gasteiger partial charge in [0.2, 0.25) is 5.88 Å². The van der Waals surface area contributed by atoms with E-state index < -0.39 is 0 Å². The fraction of sp³-hybridized carbons (Fsp3) is 0.154. The Morgan fingerprint density at radius 3 is 2.53 bits per heavy atom. The van der Waals surface area contributed by atoms with Crippen LogP contribution in [0.25, 0.3) is 0 Å². The number of aromatic hydroxyl groups is 1. The van der Waals surface area contributed by atoms with E-state index >= 15 is 0 Å². The number of hydrogen-bond donors (Lipinski definition) is 1. The third-order valence-corrected chi connectivity index (χ3v) is 2.76. The summed E-state index contributed by atoms with van der Waals surface area (Å²) in [6, 6.07) is 7.00. The number of halogens is 1. The molecule has 0 aliphatic rings. The summed E-state index contributed by atoms with van der Waals surface area (Å²) in [7, 11) is 0. The Morgan fingerprint density at radius 2 is 1.88 bits per heavy atom. The number of phenols is 1. The van der Waals surface area contributed by atoms with Gasteiger partial charge >= 0.3 is 0 Å². The van der Waals surface area contributed by atoms with Gasteiger partial charge in [0.25, 0.3) is 0 Å². The molecule has 0 fully saturated rings. The van der Waals surface area contributed by atoms with Crippen LogP contribution in [-0.2, 0) is 0 Å². The molecule has 0 aliphatic carbocycles. The van der Waals surface area contributed by atoms with Crippen molar-refractivity contribution in [3.05, 3.63) is 46.1 Å². The molecule has 3 nitrogen and oxygen atoms in total. The second kappa shape index (κ2) is 4.75. The Bertz CT molecular complexity index is 535. The van der Waals surface area contributed by atoms with Crippen LogP contribution < -0.4 is 4.74 Å². The average Bonchev–Trinajstić information content (AvgIpc) is 2.21. The normalized spacial score (nSPS) is 10.3. The first kappa shape index (κ1) is 11.9. The van der Waals surface area contributed by atoms with E-state index in [4.69, 9.17) is 4.74 Å². The van der Waals surface area contributed by atoms with Crippen molar-refractivity contribution in [2.24, 2.45) is 0 Å². The maximum absolute atomic E-state index is 9.47. The molecule has 2 rings (SSSR count). The van der Waals surface area contributed by atoms with Crippen molar-refractivity contribution in [1.82, 2.24) is 4.98 Å². The highest BCUT2D eigenvalue weighted by atomic mass is 79.9. The van der Waals surface area contributed by atoms with Crippen molar-refractivity contribution < 1.29 is 9.84 Å². The minimum absolute atomic E-state index is 0.184. The fourth-order valence-corrected chi connectivity index (χ4v) is 2.04. The predicted molar refractivity (Wildman–Crippen MR) is 69.6 cm³/mol. The van der Waals surface area contributed by atoms with E-state index in [1.54, 1.807) is 18.3 Å². The molecule has 2 aromatic rings. The Labute approximate surface area is 108 Å². The van der Waals surface area contributed by atoms with E-state index in [2.05, 4.69) is 20.9 Å². The predicted octanol–water partition coefficient (Wildman–Crippen LogP) is 3.96. The van der Waals surface area contributed by atoms with Gasteiger partial charge in [-0.25, -0.2) is 4.98 Å². The lowest BCUT2D eigenvalue weighted by molar-refractivity contribution is 0.442. The van der Waals surface area contributed by atoms with Crippen LogP contribution in [0.1, 0.15) is 11.1 Å². The lowest BCUT2D eigenvalue weighted by Gasteiger charge is -2.08. The lowest BCUT2D eigenvalue weighted by atomic mass is 10.2. The van der Waals surface area contributed by atoms with Gasteiger partial charge in [-0.3, -0.25) is 0 Å². The third-order valence-electron chi connectivity index (χ3n) is 2.19. The molecule has 1 aromatic carbocycles. The van der Waals surface area contributed by atoms with Gasteiger partial charge in [-0.2, -0.15) is 0 Å². The SMILES string of the molecule is Cc1cc(O)cc(Oc2ncc(C)cc2Br)c1. The highest BCUT2D eigenvalue weighted by molar-refractivity contribution is 9.10. The molecule has 0 aliphatic heterocycles. The quantitative estimate of drug-likeness (QED) is 0.911. The van der Waals surface area contributed by atoms with E-state index in [-0.39, 0.29) is 5.75 Å². The first-order valence-corrected chi connectivity index (χ1v) is 5.94. The monoisotopic (exact) mass is 293 g/mol. The van der Waals surface area contributed by atoms with Crippen LogP contribution in [0.3, 0.4) is 0 Å². The minimum Gasteiger partial charge on any atom is -0.508 e. The highest BCUT2D eigenvalue weighted by Crippen LogP contribution is 2.30. The van der Waals surface area contributed by atoms with Gasteiger partial charge in [-0.05, 0) is 59.1 Å². The van der Waals surface area contributed by atoms with Gasteiger partial charge in [0.1, 0.15) is 11.5 Å². The zero-order valence-corrected chi connectivity index (χ0v) is 11.2. The summed E-state index contributed by atoms with van der Waals surface area (Å²) >= 11 is 3.39. The topological polar surface area (TPSA) is 42.4 Å². The van der Waals surface area contributed by atoms with Gasteiger partial charge < -0.3 is 9.84 Å². The van der Waals surface area contributed by atoms with Gasteiger partial charge in [-0.15, -0.1) is 0 Å². The second-order valence-corrected chi connectivity index (χ2v) is 4.76. The maximum atomic E-state index is 9.47. The molecule has 0 amide bonds. The number of nitrogens with zero attached hydrogens (tertiary/aromatic N) is 1. The fourth-order valence-electron chi connectivity index (χ4n) is 1.50. The third kappa shape index (κ3) is 2.97. The first-order valence-electron chi connectivity index (χ1n) is 5.15. The summed E-state index contributed by atoms with van der Waals surface area (Å²) in [5.41, 5.74) is 1.99. The molecule has 0 bridgehead atoms. The summed E-state index contributed by atoms with van der Waals surface area (Å²) in [4.78, 5) is 4.18. The number of pyridine rings is 1. The van der Waals surface area contributed by atoms with Crippen LogP contribution in [0.5, 0.6) is 17.4 Å². The molecule has 0 unspecified atom stereocenters. The van der Waals surface area contributed by atoms with Crippen molar-refractivity contribution in [3.63, 3.8) is 0 Å². The Morgan fingerprint density at radius 1 is 1.12 bits per heavy atom. The molecule has 0 saturated heterocycles. The number of phenolic OH excluding ortho intramolecular Hbond substituents is 1. The number of aromatic nitrogens is 1. The van der Waals surface area contributed by atoms with Gasteiger partial charge in [-0.1, -0.05) is 0 Å². The van der Waals surface area contributed by atoms with Gasteiger partial charge in [0, 0.05) is 12.3 Å². The van der Waals surface area contributed by atoms with E-state index in [9.17, 15) is 5.11 Å². The summed E-state index contributed by atoms with van der Waals surface area (Å²) < 4.78 is 6.40. The Kier molecular flexibility index (Phi) is 3.33. The van der Waals surface area contributed by atoms with Crippen LogP contribution in [0, 0.1) is 13.8 Å². The zero-order valence-electron chi connectivity index (χ0n) is 9.57. The molecule has 0 spiro atoms. The van der Waals surface area contributed by atoms with Crippen LogP contribution in [0.2, 0.25) is 0 Å². The van der Waals surface area contributed by atoms with E-state index in [0.717, 1.165) is 15.6 Å². The average molecular weight is 294 g/mol. The molecule has 0 saturated carbocycles.